The Kier molecular flexibility index (Phi) is 2.14. The molecule has 2 N–H and O–H groups in total. The van der Waals surface area contributed by atoms with Gasteiger partial charge in [0.1, 0.15) is 0 Å². The lowest BCUT2D eigenvalue weighted by Gasteiger charge is -2.27. The highest BCUT2D eigenvalue weighted by Crippen LogP contribution is 2.18. The molecule has 0 spiro atoms. The predicted molar refractivity (Wildman–Crippen MR) is 52.7 cm³/mol. The number of nitrogens with one attached hydrogen (secondary N) is 2. The lowest BCUT2D eigenvalue weighted by atomic mass is 10.3. The van der Waals surface area contributed by atoms with Crippen LogP contribution in [0.3, 0.4) is 0 Å². The minimum atomic E-state index is 0.841. The van der Waals surface area contributed by atoms with Crippen molar-refractivity contribution in [2.75, 3.05) is 13.6 Å². The highest BCUT2D eigenvalue weighted by molar-refractivity contribution is 5.75. The van der Waals surface area contributed by atoms with E-state index in [1.807, 2.05) is 42.8 Å². The average molecular weight is 176 g/mol. The van der Waals surface area contributed by atoms with Crippen molar-refractivity contribution in [1.82, 2.24) is 15.5 Å². The number of aliphatic imine (C=N–C) groups is 1. The van der Waals surface area contributed by atoms with E-state index in [4.69, 9.17) is 0 Å². The summed E-state index contributed by atoms with van der Waals surface area (Å²) in [5, 5.41) is 6.12. The first-order chi connectivity index (χ1) is 6.42. The Labute approximate surface area is 77.3 Å². The first kappa shape index (κ1) is 8.07. The van der Waals surface area contributed by atoms with Gasteiger partial charge < -0.3 is 15.5 Å². The SMILES string of the molecule is CNCC1=CC=NC2=CNC=CN12. The first-order valence-corrected chi connectivity index (χ1v) is 4.22. The van der Waals surface area contributed by atoms with E-state index in [1.54, 1.807) is 0 Å². The summed E-state index contributed by atoms with van der Waals surface area (Å²) in [4.78, 5) is 6.28. The van der Waals surface area contributed by atoms with Crippen LogP contribution in [0.5, 0.6) is 0 Å². The van der Waals surface area contributed by atoms with E-state index < -0.39 is 0 Å². The van der Waals surface area contributed by atoms with E-state index in [0.717, 1.165) is 12.4 Å². The van der Waals surface area contributed by atoms with Gasteiger partial charge >= 0.3 is 0 Å². The third-order valence-electron chi connectivity index (χ3n) is 1.92. The summed E-state index contributed by atoms with van der Waals surface area (Å²) in [5.41, 5.74) is 1.20. The highest BCUT2D eigenvalue weighted by Gasteiger charge is 2.14. The normalized spacial score (nSPS) is 19.0. The molecule has 0 atom stereocenters. The van der Waals surface area contributed by atoms with Gasteiger partial charge in [-0.2, -0.15) is 0 Å². The zero-order valence-electron chi connectivity index (χ0n) is 7.49. The molecule has 2 aliphatic rings. The van der Waals surface area contributed by atoms with Crippen LogP contribution in [0.2, 0.25) is 0 Å². The molecule has 0 amide bonds. The van der Waals surface area contributed by atoms with Crippen molar-refractivity contribution in [2.45, 2.75) is 0 Å². The van der Waals surface area contributed by atoms with Crippen LogP contribution in [0, 0.1) is 0 Å². The summed E-state index contributed by atoms with van der Waals surface area (Å²) in [5.74, 6) is 0.926. The molecule has 0 radical (unpaired) electrons. The fourth-order valence-corrected chi connectivity index (χ4v) is 1.33. The summed E-state index contributed by atoms with van der Waals surface area (Å²) in [7, 11) is 1.93. The van der Waals surface area contributed by atoms with Crippen molar-refractivity contribution in [3.63, 3.8) is 0 Å². The monoisotopic (exact) mass is 176 g/mol. The molecule has 0 unspecified atom stereocenters. The van der Waals surface area contributed by atoms with E-state index in [1.165, 1.54) is 5.70 Å². The minimum Gasteiger partial charge on any atom is -0.363 e. The molecule has 4 nitrogen and oxygen atoms in total. The molecular formula is C9H12N4. The molecular weight excluding hydrogens is 164 g/mol. The van der Waals surface area contributed by atoms with Gasteiger partial charge in [0, 0.05) is 37.1 Å². The maximum Gasteiger partial charge on any atom is 0.153 e. The summed E-state index contributed by atoms with van der Waals surface area (Å²) < 4.78 is 0. The first-order valence-electron chi connectivity index (χ1n) is 4.22. The Morgan fingerprint density at radius 3 is 3.38 bits per heavy atom. The molecule has 2 aliphatic heterocycles. The summed E-state index contributed by atoms with van der Waals surface area (Å²) in [6.07, 6.45) is 9.54. The quantitative estimate of drug-likeness (QED) is 0.637. The van der Waals surface area contributed by atoms with Crippen molar-refractivity contribution in [1.29, 1.82) is 0 Å². The zero-order valence-corrected chi connectivity index (χ0v) is 7.49. The van der Waals surface area contributed by atoms with E-state index in [-0.39, 0.29) is 0 Å². The third-order valence-corrected chi connectivity index (χ3v) is 1.92. The number of nitrogens with zero attached hydrogens (tertiary/aromatic N) is 2. The number of rotatable bonds is 2. The Bertz CT molecular complexity index is 312. The molecule has 0 fully saturated rings. The van der Waals surface area contributed by atoms with Crippen LogP contribution in [0.1, 0.15) is 0 Å². The van der Waals surface area contributed by atoms with Crippen LogP contribution in [-0.4, -0.2) is 24.7 Å². The Balaban J connectivity index is 2.23. The summed E-state index contributed by atoms with van der Waals surface area (Å²) in [6, 6.07) is 0. The van der Waals surface area contributed by atoms with Crippen LogP contribution in [0.4, 0.5) is 0 Å². The number of hydrogen-bond donors (Lipinski definition) is 2. The highest BCUT2D eigenvalue weighted by atomic mass is 15.3. The molecule has 0 bridgehead atoms. The van der Waals surface area contributed by atoms with Crippen molar-refractivity contribution in [3.05, 3.63) is 36.2 Å². The fraction of sp³-hybridized carbons (Fsp3) is 0.222. The van der Waals surface area contributed by atoms with Gasteiger partial charge in [-0.25, -0.2) is 4.99 Å². The van der Waals surface area contributed by atoms with Gasteiger partial charge in [0.2, 0.25) is 0 Å². The van der Waals surface area contributed by atoms with E-state index in [2.05, 4.69) is 15.6 Å². The van der Waals surface area contributed by atoms with Crippen LogP contribution in [-0.2, 0) is 0 Å². The standard InChI is InChI=1S/C9H12N4/c1-10-6-8-2-3-12-9-7-11-4-5-13(8)9/h2-5,7,10-11H,6H2,1H3. The van der Waals surface area contributed by atoms with Crippen LogP contribution < -0.4 is 10.6 Å². The maximum absolute atomic E-state index is 4.23. The summed E-state index contributed by atoms with van der Waals surface area (Å²) >= 11 is 0. The Hall–Kier alpha value is -1.55. The molecule has 68 valence electrons. The number of fused-ring (bicyclic) bond motifs is 1. The molecule has 13 heavy (non-hydrogen) atoms. The van der Waals surface area contributed by atoms with Crippen molar-refractivity contribution < 1.29 is 0 Å². The lowest BCUT2D eigenvalue weighted by molar-refractivity contribution is 0.521. The van der Waals surface area contributed by atoms with Gasteiger partial charge in [-0.05, 0) is 13.1 Å². The molecule has 0 aromatic heterocycles. The molecule has 2 heterocycles. The van der Waals surface area contributed by atoms with Crippen molar-refractivity contribution in [3.8, 4) is 0 Å². The van der Waals surface area contributed by atoms with Gasteiger partial charge in [-0.15, -0.1) is 0 Å². The van der Waals surface area contributed by atoms with Gasteiger partial charge in [0.25, 0.3) is 0 Å². The lowest BCUT2D eigenvalue weighted by Crippen LogP contribution is -2.28. The number of allylic oxidation sites excluding steroid dienone is 1. The fourth-order valence-electron chi connectivity index (χ4n) is 1.33. The topological polar surface area (TPSA) is 39.7 Å². The largest absolute Gasteiger partial charge is 0.363 e. The third kappa shape index (κ3) is 1.48. The van der Waals surface area contributed by atoms with E-state index >= 15 is 0 Å². The van der Waals surface area contributed by atoms with E-state index in [0.29, 0.717) is 0 Å². The molecule has 0 aliphatic carbocycles. The molecule has 0 aromatic rings. The minimum absolute atomic E-state index is 0.841. The summed E-state index contributed by atoms with van der Waals surface area (Å²) in [6.45, 7) is 0.841. The molecule has 4 heteroatoms. The van der Waals surface area contributed by atoms with Gasteiger partial charge in [-0.1, -0.05) is 0 Å². The van der Waals surface area contributed by atoms with Crippen molar-refractivity contribution in [2.24, 2.45) is 4.99 Å². The van der Waals surface area contributed by atoms with Gasteiger partial charge in [0.15, 0.2) is 5.82 Å². The number of hydrogen-bond acceptors (Lipinski definition) is 4. The Morgan fingerprint density at radius 2 is 2.54 bits per heavy atom. The number of likely N-dealkylation sites (N-methyl/N-ethyl adjacent to an activating group) is 1. The Morgan fingerprint density at radius 1 is 1.62 bits per heavy atom. The van der Waals surface area contributed by atoms with E-state index in [9.17, 15) is 0 Å². The maximum atomic E-state index is 4.23. The smallest absolute Gasteiger partial charge is 0.153 e. The van der Waals surface area contributed by atoms with Gasteiger partial charge in [0.05, 0.1) is 0 Å². The van der Waals surface area contributed by atoms with Crippen LogP contribution in [0.25, 0.3) is 0 Å². The van der Waals surface area contributed by atoms with Crippen LogP contribution in [0.15, 0.2) is 41.2 Å². The molecule has 0 saturated heterocycles. The van der Waals surface area contributed by atoms with Gasteiger partial charge in [-0.3, -0.25) is 0 Å². The molecule has 2 rings (SSSR count). The van der Waals surface area contributed by atoms with Crippen molar-refractivity contribution >= 4 is 6.21 Å². The zero-order chi connectivity index (χ0) is 9.10. The average Bonchev–Trinajstić information content (AvgIpc) is 2.19. The molecule has 0 aromatic carbocycles. The second kappa shape index (κ2) is 3.45. The predicted octanol–water partition coefficient (Wildman–Crippen LogP) is 0.349. The molecule has 0 saturated carbocycles. The second-order valence-electron chi connectivity index (χ2n) is 2.82. The van der Waals surface area contributed by atoms with Crippen LogP contribution >= 0.6 is 0 Å². The second-order valence-corrected chi connectivity index (χ2v) is 2.82.